The number of carbonyl (C=O) groups is 1. The summed E-state index contributed by atoms with van der Waals surface area (Å²) in [7, 11) is 3.09. The van der Waals surface area contributed by atoms with Gasteiger partial charge in [-0.3, -0.25) is 9.78 Å². The third-order valence-electron chi connectivity index (χ3n) is 3.70. The fraction of sp³-hybridized carbons (Fsp3) is 0.158. The lowest BCUT2D eigenvalue weighted by atomic mass is 10.2. The average Bonchev–Trinajstić information content (AvgIpc) is 2.73. The highest BCUT2D eigenvalue weighted by Gasteiger charge is 2.11. The van der Waals surface area contributed by atoms with E-state index < -0.39 is 0 Å². The van der Waals surface area contributed by atoms with E-state index in [0.29, 0.717) is 29.7 Å². The van der Waals surface area contributed by atoms with Gasteiger partial charge in [-0.15, -0.1) is 0 Å². The van der Waals surface area contributed by atoms with Crippen LogP contribution in [0.3, 0.4) is 0 Å². The zero-order valence-electron chi connectivity index (χ0n) is 15.0. The molecule has 1 aromatic carbocycles. The molecule has 0 spiro atoms. The maximum absolute atomic E-state index is 12.5. The van der Waals surface area contributed by atoms with E-state index in [-0.39, 0.29) is 11.6 Å². The lowest BCUT2D eigenvalue weighted by molar-refractivity contribution is 0.102. The first-order valence-electron chi connectivity index (χ1n) is 8.19. The molecular formula is C19H19N5O3. The first-order chi connectivity index (χ1) is 13.2. The predicted molar refractivity (Wildman–Crippen MR) is 101 cm³/mol. The number of nitrogens with zero attached hydrogens (tertiary/aromatic N) is 3. The molecule has 0 bridgehead atoms. The highest BCUT2D eigenvalue weighted by atomic mass is 16.5. The fourth-order valence-corrected chi connectivity index (χ4v) is 2.36. The Hall–Kier alpha value is -3.68. The first-order valence-corrected chi connectivity index (χ1v) is 8.19. The van der Waals surface area contributed by atoms with Gasteiger partial charge >= 0.3 is 0 Å². The van der Waals surface area contributed by atoms with Gasteiger partial charge < -0.3 is 20.1 Å². The largest absolute Gasteiger partial charge is 0.493 e. The Bertz CT molecular complexity index is 918. The molecule has 0 saturated heterocycles. The van der Waals surface area contributed by atoms with Crippen LogP contribution in [-0.2, 0) is 6.54 Å². The van der Waals surface area contributed by atoms with Crippen molar-refractivity contribution in [3.8, 4) is 11.5 Å². The van der Waals surface area contributed by atoms with Crippen molar-refractivity contribution in [1.29, 1.82) is 0 Å². The van der Waals surface area contributed by atoms with Crippen molar-refractivity contribution in [1.82, 2.24) is 15.0 Å². The van der Waals surface area contributed by atoms with Crippen LogP contribution in [0.2, 0.25) is 0 Å². The highest BCUT2D eigenvalue weighted by molar-refractivity contribution is 6.03. The molecule has 2 aromatic heterocycles. The van der Waals surface area contributed by atoms with E-state index in [2.05, 4.69) is 25.6 Å². The summed E-state index contributed by atoms with van der Waals surface area (Å²) >= 11 is 0. The molecule has 3 aromatic rings. The normalized spacial score (nSPS) is 10.1. The number of carbonyl (C=O) groups excluding carboxylic acids is 1. The third-order valence-corrected chi connectivity index (χ3v) is 3.70. The van der Waals surface area contributed by atoms with E-state index in [1.807, 2.05) is 12.1 Å². The van der Waals surface area contributed by atoms with E-state index in [1.165, 1.54) is 13.3 Å². The second-order valence-corrected chi connectivity index (χ2v) is 5.50. The molecular weight excluding hydrogens is 346 g/mol. The lowest BCUT2D eigenvalue weighted by Crippen LogP contribution is -2.15. The molecule has 3 rings (SSSR count). The second-order valence-electron chi connectivity index (χ2n) is 5.50. The van der Waals surface area contributed by atoms with Gasteiger partial charge in [-0.1, -0.05) is 6.07 Å². The predicted octanol–water partition coefficient (Wildman–Crippen LogP) is 2.75. The van der Waals surface area contributed by atoms with Crippen molar-refractivity contribution in [2.75, 3.05) is 24.9 Å². The monoisotopic (exact) mass is 365 g/mol. The highest BCUT2D eigenvalue weighted by Crippen LogP contribution is 2.29. The van der Waals surface area contributed by atoms with Crippen LogP contribution >= 0.6 is 0 Å². The zero-order chi connectivity index (χ0) is 19.1. The summed E-state index contributed by atoms with van der Waals surface area (Å²) in [5.41, 5.74) is 1.80. The molecule has 27 heavy (non-hydrogen) atoms. The minimum Gasteiger partial charge on any atom is -0.493 e. The van der Waals surface area contributed by atoms with Gasteiger partial charge in [0.25, 0.3) is 5.91 Å². The summed E-state index contributed by atoms with van der Waals surface area (Å²) in [6.45, 7) is 0.509. The first kappa shape index (κ1) is 18.1. The van der Waals surface area contributed by atoms with E-state index in [4.69, 9.17) is 9.47 Å². The van der Waals surface area contributed by atoms with E-state index in [9.17, 15) is 4.79 Å². The summed E-state index contributed by atoms with van der Waals surface area (Å²) in [6, 6.07) is 10.5. The third kappa shape index (κ3) is 4.69. The molecule has 0 aliphatic carbocycles. The minimum absolute atomic E-state index is 0.244. The van der Waals surface area contributed by atoms with Crippen LogP contribution in [0.25, 0.3) is 0 Å². The molecule has 0 radical (unpaired) electrons. The Morgan fingerprint density at radius 2 is 1.93 bits per heavy atom. The molecule has 138 valence electrons. The molecule has 2 heterocycles. The van der Waals surface area contributed by atoms with Gasteiger partial charge in [0.1, 0.15) is 5.69 Å². The standard InChI is InChI=1S/C19H19N5O3/c1-26-16-6-5-14(10-17(16)27-2)23-18(25)15-7-9-21-19(24-15)22-12-13-4-3-8-20-11-13/h3-11H,12H2,1-2H3,(H,23,25)(H,21,22,24). The van der Waals surface area contributed by atoms with E-state index in [1.54, 1.807) is 43.8 Å². The smallest absolute Gasteiger partial charge is 0.274 e. The maximum Gasteiger partial charge on any atom is 0.274 e. The number of hydrogen-bond acceptors (Lipinski definition) is 7. The summed E-state index contributed by atoms with van der Waals surface area (Å²) in [5.74, 6) is 1.11. The molecule has 8 heteroatoms. The molecule has 0 unspecified atom stereocenters. The van der Waals surface area contributed by atoms with Gasteiger partial charge in [-0.05, 0) is 29.8 Å². The summed E-state index contributed by atoms with van der Waals surface area (Å²) in [6.07, 6.45) is 4.99. The molecule has 0 aliphatic heterocycles. The van der Waals surface area contributed by atoms with Crippen LogP contribution in [0.5, 0.6) is 11.5 Å². The number of aromatic nitrogens is 3. The van der Waals surface area contributed by atoms with Crippen LogP contribution in [0.15, 0.2) is 55.0 Å². The van der Waals surface area contributed by atoms with Gasteiger partial charge in [0.2, 0.25) is 5.95 Å². The molecule has 2 N–H and O–H groups in total. The number of hydrogen-bond donors (Lipinski definition) is 2. The molecule has 1 amide bonds. The van der Waals surface area contributed by atoms with Crippen LogP contribution in [0.4, 0.5) is 11.6 Å². The number of ether oxygens (including phenoxy) is 2. The number of amides is 1. The number of nitrogens with one attached hydrogen (secondary N) is 2. The SMILES string of the molecule is COc1ccc(NC(=O)c2ccnc(NCc3cccnc3)n2)cc1OC. The van der Waals surface area contributed by atoms with Crippen LogP contribution in [-0.4, -0.2) is 35.1 Å². The second kappa shape index (κ2) is 8.61. The van der Waals surface area contributed by atoms with Gasteiger partial charge in [0.05, 0.1) is 14.2 Å². The number of anilines is 2. The molecule has 0 saturated carbocycles. The number of rotatable bonds is 7. The van der Waals surface area contributed by atoms with Gasteiger partial charge in [-0.2, -0.15) is 0 Å². The molecule has 0 fully saturated rings. The van der Waals surface area contributed by atoms with E-state index in [0.717, 1.165) is 5.56 Å². The van der Waals surface area contributed by atoms with Crippen molar-refractivity contribution in [2.24, 2.45) is 0 Å². The Kier molecular flexibility index (Phi) is 5.78. The van der Waals surface area contributed by atoms with Crippen LogP contribution in [0.1, 0.15) is 16.1 Å². The van der Waals surface area contributed by atoms with E-state index >= 15 is 0 Å². The molecule has 8 nitrogen and oxygen atoms in total. The Balaban J connectivity index is 1.68. The molecule has 0 atom stereocenters. The van der Waals surface area contributed by atoms with Gasteiger partial charge in [-0.25, -0.2) is 9.97 Å². The summed E-state index contributed by atoms with van der Waals surface area (Å²) in [5, 5.41) is 5.86. The van der Waals surface area contributed by atoms with Gasteiger partial charge in [0, 0.05) is 36.9 Å². The minimum atomic E-state index is -0.353. The average molecular weight is 365 g/mol. The zero-order valence-corrected chi connectivity index (χ0v) is 15.0. The van der Waals surface area contributed by atoms with Crippen molar-refractivity contribution in [3.63, 3.8) is 0 Å². The summed E-state index contributed by atoms with van der Waals surface area (Å²) in [4.78, 5) is 24.9. The van der Waals surface area contributed by atoms with Crippen molar-refractivity contribution in [3.05, 3.63) is 66.2 Å². The lowest BCUT2D eigenvalue weighted by Gasteiger charge is -2.11. The Morgan fingerprint density at radius 3 is 2.67 bits per heavy atom. The van der Waals surface area contributed by atoms with Crippen LogP contribution < -0.4 is 20.1 Å². The number of benzene rings is 1. The quantitative estimate of drug-likeness (QED) is 0.664. The van der Waals surface area contributed by atoms with Crippen molar-refractivity contribution < 1.29 is 14.3 Å². The maximum atomic E-state index is 12.5. The van der Waals surface area contributed by atoms with Crippen LogP contribution in [0, 0.1) is 0 Å². The Labute approximate surface area is 156 Å². The topological polar surface area (TPSA) is 98.3 Å². The van der Waals surface area contributed by atoms with Crippen molar-refractivity contribution >= 4 is 17.5 Å². The van der Waals surface area contributed by atoms with Crippen molar-refractivity contribution in [2.45, 2.75) is 6.54 Å². The van der Waals surface area contributed by atoms with Gasteiger partial charge in [0.15, 0.2) is 11.5 Å². The number of methoxy groups -OCH3 is 2. The Morgan fingerprint density at radius 1 is 1.07 bits per heavy atom. The number of pyridine rings is 1. The molecule has 0 aliphatic rings. The summed E-state index contributed by atoms with van der Waals surface area (Å²) < 4.78 is 10.4. The fourth-order valence-electron chi connectivity index (χ4n) is 2.36.